The Morgan fingerprint density at radius 3 is 2.74 bits per heavy atom. The highest BCUT2D eigenvalue weighted by molar-refractivity contribution is 9.10. The zero-order valence-corrected chi connectivity index (χ0v) is 12.0. The summed E-state index contributed by atoms with van der Waals surface area (Å²) in [4.78, 5) is 7.69. The van der Waals surface area contributed by atoms with Gasteiger partial charge in [-0.1, -0.05) is 12.8 Å². The van der Waals surface area contributed by atoms with Crippen LogP contribution in [0.1, 0.15) is 31.5 Å². The first-order valence-corrected chi connectivity index (χ1v) is 7.18. The molecule has 1 fully saturated rings. The molecule has 1 aromatic carbocycles. The normalized spacial score (nSPS) is 17.8. The van der Waals surface area contributed by atoms with Gasteiger partial charge < -0.3 is 10.7 Å². The van der Waals surface area contributed by atoms with Gasteiger partial charge in [-0.3, -0.25) is 0 Å². The van der Waals surface area contributed by atoms with Gasteiger partial charge in [0.1, 0.15) is 11.6 Å². The lowest BCUT2D eigenvalue weighted by molar-refractivity contribution is 0.436. The Kier molecular flexibility index (Phi) is 3.19. The number of imidazole rings is 1. The first-order valence-electron chi connectivity index (χ1n) is 6.38. The second kappa shape index (κ2) is 4.72. The lowest BCUT2D eigenvalue weighted by Crippen LogP contribution is -2.34. The van der Waals surface area contributed by atoms with Gasteiger partial charge in [0.15, 0.2) is 0 Å². The van der Waals surface area contributed by atoms with E-state index >= 15 is 0 Å². The van der Waals surface area contributed by atoms with Gasteiger partial charge in [-0.15, -0.1) is 0 Å². The summed E-state index contributed by atoms with van der Waals surface area (Å²) in [7, 11) is 0. The van der Waals surface area contributed by atoms with Crippen molar-refractivity contribution in [3.8, 4) is 11.3 Å². The maximum atomic E-state index is 13.2. The summed E-state index contributed by atoms with van der Waals surface area (Å²) in [5.41, 5.74) is 7.80. The second-order valence-electron chi connectivity index (χ2n) is 5.14. The van der Waals surface area contributed by atoms with E-state index in [0.717, 1.165) is 42.8 Å². The molecule has 2 aromatic rings. The number of nitrogens with two attached hydrogens (primary N) is 1. The molecule has 0 atom stereocenters. The second-order valence-corrected chi connectivity index (χ2v) is 5.99. The van der Waals surface area contributed by atoms with Crippen LogP contribution in [0.25, 0.3) is 11.3 Å². The largest absolute Gasteiger partial charge is 0.340 e. The van der Waals surface area contributed by atoms with Crippen molar-refractivity contribution in [3.63, 3.8) is 0 Å². The monoisotopic (exact) mass is 323 g/mol. The number of halogens is 2. The minimum Gasteiger partial charge on any atom is -0.340 e. The van der Waals surface area contributed by atoms with Crippen molar-refractivity contribution in [1.82, 2.24) is 9.97 Å². The van der Waals surface area contributed by atoms with Crippen LogP contribution < -0.4 is 5.73 Å². The summed E-state index contributed by atoms with van der Waals surface area (Å²) < 4.78 is 13.7. The summed E-state index contributed by atoms with van der Waals surface area (Å²) in [6, 6.07) is 4.91. The van der Waals surface area contributed by atoms with E-state index in [4.69, 9.17) is 5.73 Å². The van der Waals surface area contributed by atoms with Crippen molar-refractivity contribution in [2.45, 2.75) is 31.2 Å². The summed E-state index contributed by atoms with van der Waals surface area (Å²) in [5.74, 6) is 0.565. The average Bonchev–Trinajstić information content (AvgIpc) is 3.02. The smallest absolute Gasteiger partial charge is 0.137 e. The van der Waals surface area contributed by atoms with Gasteiger partial charge in [0.25, 0.3) is 0 Å². The highest BCUT2D eigenvalue weighted by atomic mass is 79.9. The van der Waals surface area contributed by atoms with Crippen LogP contribution >= 0.6 is 15.9 Å². The number of nitrogens with zero attached hydrogens (tertiary/aromatic N) is 1. The average molecular weight is 324 g/mol. The van der Waals surface area contributed by atoms with E-state index in [0.29, 0.717) is 4.47 Å². The minimum atomic E-state index is -0.324. The van der Waals surface area contributed by atoms with E-state index in [1.54, 1.807) is 18.3 Å². The number of aromatic nitrogens is 2. The molecule has 5 heteroatoms. The quantitative estimate of drug-likeness (QED) is 0.885. The molecule has 3 N–H and O–H groups in total. The van der Waals surface area contributed by atoms with Gasteiger partial charge >= 0.3 is 0 Å². The van der Waals surface area contributed by atoms with Crippen LogP contribution in [0.2, 0.25) is 0 Å². The van der Waals surface area contributed by atoms with E-state index in [9.17, 15) is 4.39 Å². The van der Waals surface area contributed by atoms with Gasteiger partial charge in [0.05, 0.1) is 21.9 Å². The fourth-order valence-corrected chi connectivity index (χ4v) is 3.01. The number of benzene rings is 1. The summed E-state index contributed by atoms with van der Waals surface area (Å²) in [6.45, 7) is 0. The van der Waals surface area contributed by atoms with Crippen LogP contribution in [-0.4, -0.2) is 9.97 Å². The molecule has 1 aliphatic carbocycles. The van der Waals surface area contributed by atoms with Crippen LogP contribution in [0.4, 0.5) is 4.39 Å². The SMILES string of the molecule is NC1(c2ncc(-c3ccc(F)c(Br)c3)[nH]2)CCCC1. The number of nitrogens with one attached hydrogen (secondary N) is 1. The molecule has 0 saturated heterocycles. The van der Waals surface area contributed by atoms with Crippen molar-refractivity contribution in [2.24, 2.45) is 5.73 Å². The van der Waals surface area contributed by atoms with Crippen LogP contribution in [0.5, 0.6) is 0 Å². The van der Waals surface area contributed by atoms with E-state index in [2.05, 4.69) is 25.9 Å². The number of hydrogen-bond donors (Lipinski definition) is 2. The number of aromatic amines is 1. The standard InChI is InChI=1S/C14H15BrFN3/c15-10-7-9(3-4-11(10)16)12-8-18-13(19-12)14(17)5-1-2-6-14/h3-4,7-8H,1-2,5-6,17H2,(H,18,19). The maximum absolute atomic E-state index is 13.2. The zero-order chi connectivity index (χ0) is 13.5. The van der Waals surface area contributed by atoms with Crippen LogP contribution in [0.15, 0.2) is 28.9 Å². The van der Waals surface area contributed by atoms with Crippen molar-refractivity contribution in [3.05, 3.63) is 40.5 Å². The molecule has 0 bridgehead atoms. The first kappa shape index (κ1) is 12.8. The lowest BCUT2D eigenvalue weighted by atomic mass is 9.99. The predicted octanol–water partition coefficient (Wildman–Crippen LogP) is 3.71. The van der Waals surface area contributed by atoms with Crippen molar-refractivity contribution < 1.29 is 4.39 Å². The lowest BCUT2D eigenvalue weighted by Gasteiger charge is -2.20. The van der Waals surface area contributed by atoms with Crippen LogP contribution in [0, 0.1) is 5.82 Å². The molecule has 0 unspecified atom stereocenters. The first-order chi connectivity index (χ1) is 9.08. The van der Waals surface area contributed by atoms with Crippen molar-refractivity contribution in [2.75, 3.05) is 0 Å². The molecule has 3 nitrogen and oxygen atoms in total. The van der Waals surface area contributed by atoms with E-state index in [1.165, 1.54) is 6.07 Å². The van der Waals surface area contributed by atoms with Gasteiger partial charge in [-0.05, 0) is 47.0 Å². The Labute approximate surface area is 119 Å². The summed E-state index contributed by atoms with van der Waals surface area (Å²) in [5, 5.41) is 0. The molecule has 1 aromatic heterocycles. The third-order valence-electron chi connectivity index (χ3n) is 3.77. The van der Waals surface area contributed by atoms with Gasteiger partial charge in [-0.25, -0.2) is 9.37 Å². The third kappa shape index (κ3) is 2.32. The summed E-state index contributed by atoms with van der Waals surface area (Å²) in [6.07, 6.45) is 5.99. The molecular formula is C14H15BrFN3. The highest BCUT2D eigenvalue weighted by Gasteiger charge is 2.33. The van der Waals surface area contributed by atoms with Crippen molar-refractivity contribution >= 4 is 15.9 Å². The van der Waals surface area contributed by atoms with Crippen LogP contribution in [-0.2, 0) is 5.54 Å². The Morgan fingerprint density at radius 2 is 2.05 bits per heavy atom. The predicted molar refractivity (Wildman–Crippen MR) is 76.0 cm³/mol. The van der Waals surface area contributed by atoms with E-state index in [-0.39, 0.29) is 11.4 Å². The molecule has 1 aliphatic rings. The molecule has 0 amide bonds. The fourth-order valence-electron chi connectivity index (χ4n) is 2.63. The van der Waals surface area contributed by atoms with E-state index in [1.807, 2.05) is 0 Å². The van der Waals surface area contributed by atoms with Crippen molar-refractivity contribution in [1.29, 1.82) is 0 Å². The Morgan fingerprint density at radius 1 is 1.32 bits per heavy atom. The molecule has 0 radical (unpaired) electrons. The minimum absolute atomic E-state index is 0.269. The number of H-pyrrole nitrogens is 1. The Hall–Kier alpha value is -1.20. The Bertz CT molecular complexity index is 602. The Balaban J connectivity index is 1.94. The molecule has 19 heavy (non-hydrogen) atoms. The molecule has 0 aliphatic heterocycles. The molecular weight excluding hydrogens is 309 g/mol. The maximum Gasteiger partial charge on any atom is 0.137 e. The molecule has 1 saturated carbocycles. The molecule has 1 heterocycles. The van der Waals surface area contributed by atoms with Crippen LogP contribution in [0.3, 0.4) is 0 Å². The zero-order valence-electron chi connectivity index (χ0n) is 10.4. The fraction of sp³-hybridized carbons (Fsp3) is 0.357. The topological polar surface area (TPSA) is 54.7 Å². The van der Waals surface area contributed by atoms with Gasteiger partial charge in [0, 0.05) is 5.56 Å². The third-order valence-corrected chi connectivity index (χ3v) is 4.38. The molecule has 3 rings (SSSR count). The van der Waals surface area contributed by atoms with Gasteiger partial charge in [-0.2, -0.15) is 0 Å². The number of hydrogen-bond acceptors (Lipinski definition) is 2. The highest BCUT2D eigenvalue weighted by Crippen LogP contribution is 2.35. The molecule has 100 valence electrons. The number of rotatable bonds is 2. The molecule has 0 spiro atoms. The summed E-state index contributed by atoms with van der Waals surface area (Å²) >= 11 is 3.19. The van der Waals surface area contributed by atoms with Gasteiger partial charge in [0.2, 0.25) is 0 Å². The van der Waals surface area contributed by atoms with E-state index < -0.39 is 0 Å².